The monoisotopic (exact) mass is 277 g/mol. The van der Waals surface area contributed by atoms with E-state index in [0.29, 0.717) is 5.52 Å². The van der Waals surface area contributed by atoms with Gasteiger partial charge in [0.05, 0.1) is 17.5 Å². The average molecular weight is 277 g/mol. The van der Waals surface area contributed by atoms with Gasteiger partial charge in [-0.25, -0.2) is 14.4 Å². The van der Waals surface area contributed by atoms with Crippen LogP contribution in [0.15, 0.2) is 32.2 Å². The predicted octanol–water partition coefficient (Wildman–Crippen LogP) is 1.39. The minimum absolute atomic E-state index is 0.214. The maximum absolute atomic E-state index is 11.9. The summed E-state index contributed by atoms with van der Waals surface area (Å²) in [4.78, 5) is 35.4. The van der Waals surface area contributed by atoms with Gasteiger partial charge >= 0.3 is 17.4 Å². The van der Waals surface area contributed by atoms with Crippen molar-refractivity contribution in [3.63, 3.8) is 0 Å². The van der Waals surface area contributed by atoms with E-state index >= 15 is 0 Å². The molecule has 1 aromatic carbocycles. The summed E-state index contributed by atoms with van der Waals surface area (Å²) in [5.41, 5.74) is 0.511. The lowest BCUT2D eigenvalue weighted by molar-refractivity contribution is -0.146. The Morgan fingerprint density at radius 1 is 1.40 bits per heavy atom. The summed E-state index contributed by atoms with van der Waals surface area (Å²) in [5, 5.41) is 0.265. The van der Waals surface area contributed by atoms with Crippen molar-refractivity contribution in [2.75, 3.05) is 6.61 Å². The second-order valence-corrected chi connectivity index (χ2v) is 4.47. The molecule has 1 heterocycles. The van der Waals surface area contributed by atoms with Gasteiger partial charge in [0, 0.05) is 0 Å². The topological polar surface area (TPSA) is 78.5 Å². The standard InChI is InChI=1S/C14H15NO5/c1-4-19-12(16)9(3)15-11-6-5-8(2)7-10(11)13(17)20-14(15)18/h5-7,9H,4H2,1-3H3. The van der Waals surface area contributed by atoms with Crippen LogP contribution in [0.4, 0.5) is 0 Å². The van der Waals surface area contributed by atoms with Gasteiger partial charge in [0.2, 0.25) is 0 Å². The number of rotatable bonds is 3. The second-order valence-electron chi connectivity index (χ2n) is 4.47. The quantitative estimate of drug-likeness (QED) is 0.792. The summed E-state index contributed by atoms with van der Waals surface area (Å²) in [6.07, 6.45) is 0. The van der Waals surface area contributed by atoms with E-state index < -0.39 is 23.4 Å². The fourth-order valence-electron chi connectivity index (χ4n) is 2.04. The second kappa shape index (κ2) is 5.32. The number of esters is 1. The zero-order valence-corrected chi connectivity index (χ0v) is 11.5. The fraction of sp³-hybridized carbons (Fsp3) is 0.357. The number of carbonyl (C=O) groups is 1. The smallest absolute Gasteiger partial charge is 0.423 e. The molecule has 0 bridgehead atoms. The summed E-state index contributed by atoms with van der Waals surface area (Å²) in [6.45, 7) is 5.24. The van der Waals surface area contributed by atoms with Crippen LogP contribution >= 0.6 is 0 Å². The molecular weight excluding hydrogens is 262 g/mol. The van der Waals surface area contributed by atoms with Gasteiger partial charge in [0.15, 0.2) is 0 Å². The van der Waals surface area contributed by atoms with Gasteiger partial charge < -0.3 is 9.15 Å². The molecule has 0 aliphatic carbocycles. The summed E-state index contributed by atoms with van der Waals surface area (Å²) in [7, 11) is 0. The molecule has 0 aliphatic rings. The van der Waals surface area contributed by atoms with Crippen LogP contribution in [0.25, 0.3) is 10.9 Å². The molecule has 0 fully saturated rings. The summed E-state index contributed by atoms with van der Waals surface area (Å²) in [5.74, 6) is -1.42. The number of nitrogens with zero attached hydrogens (tertiary/aromatic N) is 1. The van der Waals surface area contributed by atoms with Gasteiger partial charge in [-0.2, -0.15) is 0 Å². The maximum atomic E-state index is 11.9. The Balaban J connectivity index is 2.73. The number of aromatic nitrogens is 1. The van der Waals surface area contributed by atoms with Crippen LogP contribution in [-0.2, 0) is 9.53 Å². The first kappa shape index (κ1) is 14.0. The van der Waals surface area contributed by atoms with Crippen molar-refractivity contribution in [1.82, 2.24) is 4.57 Å². The molecule has 0 aliphatic heterocycles. The molecule has 2 aromatic rings. The molecule has 0 saturated heterocycles. The van der Waals surface area contributed by atoms with Gasteiger partial charge in [-0.05, 0) is 32.9 Å². The average Bonchev–Trinajstić information content (AvgIpc) is 2.39. The Bertz CT molecular complexity index is 771. The lowest BCUT2D eigenvalue weighted by Gasteiger charge is -2.15. The summed E-state index contributed by atoms with van der Waals surface area (Å²) < 4.78 is 10.7. The van der Waals surface area contributed by atoms with E-state index in [4.69, 9.17) is 4.74 Å². The Morgan fingerprint density at radius 3 is 2.75 bits per heavy atom. The van der Waals surface area contributed by atoms with Gasteiger partial charge in [-0.1, -0.05) is 11.6 Å². The van der Waals surface area contributed by atoms with E-state index in [1.807, 2.05) is 6.92 Å². The highest BCUT2D eigenvalue weighted by Crippen LogP contribution is 2.15. The molecule has 0 N–H and O–H groups in total. The molecule has 6 heteroatoms. The van der Waals surface area contributed by atoms with E-state index in [-0.39, 0.29) is 12.0 Å². The lowest BCUT2D eigenvalue weighted by Crippen LogP contribution is -2.32. The molecule has 2 rings (SSSR count). The lowest BCUT2D eigenvalue weighted by atomic mass is 10.1. The molecular formula is C14H15NO5. The zero-order valence-electron chi connectivity index (χ0n) is 11.5. The number of hydrogen-bond donors (Lipinski definition) is 0. The number of benzene rings is 1. The van der Waals surface area contributed by atoms with Crippen molar-refractivity contribution in [2.45, 2.75) is 26.8 Å². The van der Waals surface area contributed by atoms with Crippen molar-refractivity contribution in [1.29, 1.82) is 0 Å². The molecule has 1 aromatic heterocycles. The highest BCUT2D eigenvalue weighted by Gasteiger charge is 2.21. The predicted molar refractivity (Wildman–Crippen MR) is 72.8 cm³/mol. The van der Waals surface area contributed by atoms with Crippen LogP contribution in [-0.4, -0.2) is 17.1 Å². The molecule has 1 unspecified atom stereocenters. The van der Waals surface area contributed by atoms with Crippen molar-refractivity contribution < 1.29 is 13.9 Å². The van der Waals surface area contributed by atoms with Gasteiger partial charge in [0.1, 0.15) is 6.04 Å². The minimum atomic E-state index is -0.869. The summed E-state index contributed by atoms with van der Waals surface area (Å²) in [6, 6.07) is 4.14. The van der Waals surface area contributed by atoms with Crippen LogP contribution in [0.5, 0.6) is 0 Å². The number of fused-ring (bicyclic) bond motifs is 1. The van der Waals surface area contributed by atoms with Crippen molar-refractivity contribution in [3.8, 4) is 0 Å². The number of carbonyl (C=O) groups excluding carboxylic acids is 1. The Kier molecular flexibility index (Phi) is 3.74. The largest absolute Gasteiger partial charge is 0.464 e. The zero-order chi connectivity index (χ0) is 14.9. The third-order valence-corrected chi connectivity index (χ3v) is 3.02. The number of ether oxygens (including phenoxy) is 1. The van der Waals surface area contributed by atoms with E-state index in [9.17, 15) is 14.4 Å². The fourth-order valence-corrected chi connectivity index (χ4v) is 2.04. The van der Waals surface area contributed by atoms with Crippen LogP contribution in [0.1, 0.15) is 25.5 Å². The Labute approximate surface area is 114 Å². The normalized spacial score (nSPS) is 12.3. The molecule has 106 valence electrons. The van der Waals surface area contributed by atoms with E-state index in [0.717, 1.165) is 10.1 Å². The molecule has 0 saturated carbocycles. The molecule has 0 radical (unpaired) electrons. The molecule has 6 nitrogen and oxygen atoms in total. The highest BCUT2D eigenvalue weighted by atomic mass is 16.5. The Hall–Kier alpha value is -2.37. The third kappa shape index (κ3) is 2.36. The minimum Gasteiger partial charge on any atom is -0.464 e. The first-order valence-corrected chi connectivity index (χ1v) is 6.28. The van der Waals surface area contributed by atoms with Crippen LogP contribution in [0.2, 0.25) is 0 Å². The van der Waals surface area contributed by atoms with E-state index in [1.54, 1.807) is 25.1 Å². The van der Waals surface area contributed by atoms with Crippen LogP contribution in [0, 0.1) is 6.92 Å². The first-order valence-electron chi connectivity index (χ1n) is 6.28. The first-order chi connectivity index (χ1) is 9.45. The maximum Gasteiger partial charge on any atom is 0.423 e. The molecule has 0 amide bonds. The summed E-state index contributed by atoms with van der Waals surface area (Å²) >= 11 is 0. The number of aryl methyl sites for hydroxylation is 1. The number of hydrogen-bond acceptors (Lipinski definition) is 5. The van der Waals surface area contributed by atoms with Gasteiger partial charge in [0.25, 0.3) is 0 Å². The highest BCUT2D eigenvalue weighted by molar-refractivity contribution is 5.81. The molecule has 1 atom stereocenters. The van der Waals surface area contributed by atoms with Crippen molar-refractivity contribution >= 4 is 16.9 Å². The van der Waals surface area contributed by atoms with Gasteiger partial charge in [-0.15, -0.1) is 0 Å². The molecule has 20 heavy (non-hydrogen) atoms. The third-order valence-electron chi connectivity index (χ3n) is 3.02. The van der Waals surface area contributed by atoms with E-state index in [1.165, 1.54) is 6.92 Å². The van der Waals surface area contributed by atoms with Crippen molar-refractivity contribution in [2.24, 2.45) is 0 Å². The van der Waals surface area contributed by atoms with Crippen LogP contribution < -0.4 is 11.4 Å². The van der Waals surface area contributed by atoms with Gasteiger partial charge in [-0.3, -0.25) is 4.57 Å². The van der Waals surface area contributed by atoms with Crippen molar-refractivity contribution in [3.05, 3.63) is 44.7 Å². The molecule has 0 spiro atoms. The Morgan fingerprint density at radius 2 is 2.10 bits per heavy atom. The van der Waals surface area contributed by atoms with E-state index in [2.05, 4.69) is 4.42 Å². The van der Waals surface area contributed by atoms with Crippen LogP contribution in [0.3, 0.4) is 0 Å². The SMILES string of the molecule is CCOC(=O)C(C)n1c(=O)oc(=O)c2cc(C)ccc21.